The summed E-state index contributed by atoms with van der Waals surface area (Å²) in [6.07, 6.45) is 21.8. The highest BCUT2D eigenvalue weighted by atomic mass is 16.6. The predicted molar refractivity (Wildman–Crippen MR) is 276 cm³/mol. The molecule has 0 radical (unpaired) electrons. The van der Waals surface area contributed by atoms with Gasteiger partial charge in [0.1, 0.15) is 17.8 Å². The molecule has 0 amide bonds. The lowest BCUT2D eigenvalue weighted by Crippen LogP contribution is -2.71. The molecule has 17 atom stereocenters. The Morgan fingerprint density at radius 3 is 2.51 bits per heavy atom. The number of rotatable bonds is 10. The van der Waals surface area contributed by atoms with Gasteiger partial charge in [-0.05, 0) is 185 Å². The standard InChI is InChI=1S/C62H84N2O8/c1-38-20-27-71-61(32-38,54-53(72-54)57(4,69)55(2,37-66)23-16-39-18-25-64-51(63)29-39)49-17-24-62(70)47-31-48(68)46-30-45(67)36-59-44-28-40(19-26-65)33-60(46,59)52(47)43(34-56(49,62)3)15-14-42-11-6-5-10-41(42)12-9-13-50(59)58(35-44)21-7-8-22-58/h5-6,10-11,18,28-29,31,38,43-46,49-50,52-54,64-67,69-70H,7-8,12,14-17,19-27,30,32-37,63H2,1-4H3/t38-,43-,44+,45-,46+,49+,50-,52+,53+,54+,55+,56-,57+,59+,60+,61-,62-/m1/s1. The molecule has 1 aromatic carbocycles. The van der Waals surface area contributed by atoms with Gasteiger partial charge in [0.15, 0.2) is 5.78 Å². The van der Waals surface area contributed by atoms with Gasteiger partial charge < -0.3 is 46.1 Å². The zero-order valence-corrected chi connectivity index (χ0v) is 43.7. The molecule has 390 valence electrons. The van der Waals surface area contributed by atoms with Crippen molar-refractivity contribution in [3.05, 3.63) is 82.2 Å². The van der Waals surface area contributed by atoms with Gasteiger partial charge in [0.25, 0.3) is 0 Å². The van der Waals surface area contributed by atoms with Crippen LogP contribution in [0.4, 0.5) is 0 Å². The van der Waals surface area contributed by atoms with Gasteiger partial charge in [-0.1, -0.05) is 87.4 Å². The van der Waals surface area contributed by atoms with Crippen LogP contribution in [0.1, 0.15) is 148 Å². The van der Waals surface area contributed by atoms with E-state index < -0.39 is 62.7 Å². The zero-order valence-electron chi connectivity index (χ0n) is 43.7. The van der Waals surface area contributed by atoms with Crippen molar-refractivity contribution in [2.75, 3.05) is 26.4 Å². The number of hydrogen-bond acceptors (Lipinski definition) is 10. The Morgan fingerprint density at radius 2 is 1.76 bits per heavy atom. The van der Waals surface area contributed by atoms with Crippen LogP contribution in [0.3, 0.4) is 0 Å². The van der Waals surface area contributed by atoms with Crippen LogP contribution in [0.15, 0.2) is 71.1 Å². The van der Waals surface area contributed by atoms with Crippen molar-refractivity contribution < 1.29 is 39.8 Å². The largest absolute Gasteiger partial charge is 0.396 e. The van der Waals surface area contributed by atoms with Crippen molar-refractivity contribution >= 4 is 5.78 Å². The number of hydrogen-bond donors (Lipinski definition) is 7. The quantitative estimate of drug-likeness (QED) is 0.0692. The Bertz CT molecular complexity index is 2550. The van der Waals surface area contributed by atoms with Gasteiger partial charge in [0, 0.05) is 54.3 Å². The molecule has 0 bridgehead atoms. The smallest absolute Gasteiger partial charge is 0.159 e. The Kier molecular flexibility index (Phi) is 12.0. The van der Waals surface area contributed by atoms with Gasteiger partial charge in [-0.25, -0.2) is 0 Å². The molecular weight excluding hydrogens is 901 g/mol. The van der Waals surface area contributed by atoms with Crippen molar-refractivity contribution in [2.24, 2.45) is 74.2 Å². The van der Waals surface area contributed by atoms with Crippen LogP contribution in [0.25, 0.3) is 0 Å². The molecular formula is C62H84N2O8. The first-order valence-corrected chi connectivity index (χ1v) is 28.5. The average Bonchev–Trinajstić information content (AvgIpc) is 3.88. The number of carbonyl (C=O) groups is 1. The second-order valence-corrected chi connectivity index (χ2v) is 26.6. The van der Waals surface area contributed by atoms with Crippen LogP contribution in [-0.4, -0.2) is 92.8 Å². The van der Waals surface area contributed by atoms with Crippen molar-refractivity contribution in [3.63, 3.8) is 0 Å². The van der Waals surface area contributed by atoms with Crippen LogP contribution >= 0.6 is 0 Å². The molecule has 8 aliphatic carbocycles. The van der Waals surface area contributed by atoms with Gasteiger partial charge in [-0.15, -0.1) is 0 Å². The zero-order chi connectivity index (χ0) is 50.3. The fourth-order valence-corrected chi connectivity index (χ4v) is 19.9. The van der Waals surface area contributed by atoms with E-state index in [0.717, 1.165) is 75.4 Å². The summed E-state index contributed by atoms with van der Waals surface area (Å²) >= 11 is 0. The molecule has 11 aliphatic rings. The minimum Gasteiger partial charge on any atom is -0.396 e. The van der Waals surface area contributed by atoms with E-state index in [2.05, 4.69) is 67.4 Å². The van der Waals surface area contributed by atoms with E-state index in [9.17, 15) is 25.5 Å². The number of fused-ring (bicyclic) bond motifs is 4. The summed E-state index contributed by atoms with van der Waals surface area (Å²) in [7, 11) is 0. The molecule has 10 nitrogen and oxygen atoms in total. The van der Waals surface area contributed by atoms with Crippen LogP contribution in [0.5, 0.6) is 0 Å². The molecule has 12 rings (SSSR count). The maximum Gasteiger partial charge on any atom is 0.159 e. The maximum atomic E-state index is 15.8. The minimum atomic E-state index is -1.42. The summed E-state index contributed by atoms with van der Waals surface area (Å²) in [5.41, 5.74) is 5.67. The Labute approximate surface area is 428 Å². The lowest BCUT2D eigenvalue weighted by atomic mass is 9.32. The van der Waals surface area contributed by atoms with Crippen molar-refractivity contribution in [3.8, 4) is 11.8 Å². The molecule has 3 spiro atoms. The number of epoxide rings is 1. The summed E-state index contributed by atoms with van der Waals surface area (Å²) in [6.45, 7) is 9.46. The SMILES string of the molecule is C[C@@H]1CCO[C@]([C@H]2CC[C@@]3(O)C4=CC(=O)[C@@H]5C[C@@H](O)C[C@]67[C@@H]8C#CCc9ccccc9CC[C@H](C[C@]23C)[C@@H]4[C@]56CC(CCO)=C[C@H]7CC82CCCC2)([C@H]2O[C@@H]2[C@](C)(O)[C@](C)(CO)CCC2=CCNC(N)=C2)C1. The normalized spacial score (nSPS) is 45.0. The first kappa shape index (κ1) is 49.6. The molecule has 5 saturated carbocycles. The number of ketones is 1. The fraction of sp³-hybridized carbons (Fsp3) is 0.726. The summed E-state index contributed by atoms with van der Waals surface area (Å²) in [5, 5.41) is 64.8. The molecule has 3 heterocycles. The van der Waals surface area contributed by atoms with Gasteiger partial charge >= 0.3 is 0 Å². The molecule has 8 N–H and O–H groups in total. The van der Waals surface area contributed by atoms with Gasteiger partial charge in [0.2, 0.25) is 0 Å². The van der Waals surface area contributed by atoms with Gasteiger partial charge in [-0.3, -0.25) is 4.79 Å². The van der Waals surface area contributed by atoms with Crippen molar-refractivity contribution in [1.29, 1.82) is 0 Å². The van der Waals surface area contributed by atoms with Crippen molar-refractivity contribution in [1.82, 2.24) is 5.32 Å². The monoisotopic (exact) mass is 985 g/mol. The molecule has 3 aliphatic heterocycles. The van der Waals surface area contributed by atoms with Crippen molar-refractivity contribution in [2.45, 2.75) is 185 Å². The second kappa shape index (κ2) is 17.4. The van der Waals surface area contributed by atoms with E-state index in [-0.39, 0.29) is 54.0 Å². The number of ether oxygens (including phenoxy) is 2. The molecule has 7 fully saturated rings. The number of aliphatic hydroxyl groups excluding tert-OH is 3. The highest BCUT2D eigenvalue weighted by Gasteiger charge is 2.81. The summed E-state index contributed by atoms with van der Waals surface area (Å²) in [6, 6.07) is 8.85. The Morgan fingerprint density at radius 1 is 0.972 bits per heavy atom. The maximum absolute atomic E-state index is 15.8. The van der Waals surface area contributed by atoms with Crippen LogP contribution in [-0.2, 0) is 27.1 Å². The van der Waals surface area contributed by atoms with E-state index in [4.69, 9.17) is 15.2 Å². The Balaban J connectivity index is 0.996. The van der Waals surface area contributed by atoms with Gasteiger partial charge in [0.05, 0.1) is 29.7 Å². The lowest BCUT2D eigenvalue weighted by molar-refractivity contribution is -0.225. The van der Waals surface area contributed by atoms with E-state index >= 15 is 4.79 Å². The molecule has 0 aromatic heterocycles. The number of nitrogens with two attached hydrogens (primary N) is 1. The first-order chi connectivity index (χ1) is 34.4. The molecule has 72 heavy (non-hydrogen) atoms. The highest BCUT2D eigenvalue weighted by molar-refractivity contribution is 5.95. The number of allylic oxidation sites excluding steroid dienone is 4. The fourth-order valence-electron chi connectivity index (χ4n) is 19.9. The Hall–Kier alpha value is -3.27. The number of carbonyl (C=O) groups excluding carboxylic acids is 1. The van der Waals surface area contributed by atoms with Crippen LogP contribution in [0, 0.1) is 80.3 Å². The van der Waals surface area contributed by atoms with E-state index in [0.29, 0.717) is 82.7 Å². The van der Waals surface area contributed by atoms with E-state index in [1.807, 2.05) is 26.0 Å². The lowest BCUT2D eigenvalue weighted by Gasteiger charge is -2.71. The molecule has 0 unspecified atom stereocenters. The number of aliphatic hydroxyl groups is 5. The number of aryl methyl sites for hydroxylation is 1. The number of benzene rings is 1. The third-order valence-electron chi connectivity index (χ3n) is 23.4. The van der Waals surface area contributed by atoms with E-state index in [1.54, 1.807) is 0 Å². The highest BCUT2D eigenvalue weighted by Crippen LogP contribution is 2.83. The third-order valence-corrected chi connectivity index (χ3v) is 23.4. The summed E-state index contributed by atoms with van der Waals surface area (Å²) in [4.78, 5) is 15.8. The topological polar surface area (TPSA) is 178 Å². The summed E-state index contributed by atoms with van der Waals surface area (Å²) in [5.74, 6) is 8.42. The molecule has 1 aromatic rings. The first-order valence-electron chi connectivity index (χ1n) is 28.5. The van der Waals surface area contributed by atoms with Crippen LogP contribution < -0.4 is 11.1 Å². The minimum absolute atomic E-state index is 0.00622. The summed E-state index contributed by atoms with van der Waals surface area (Å²) < 4.78 is 14.3. The molecule has 10 heteroatoms. The third kappa shape index (κ3) is 6.88. The van der Waals surface area contributed by atoms with Crippen LogP contribution in [0.2, 0.25) is 0 Å². The number of nitrogens with one attached hydrogen (secondary N) is 1. The van der Waals surface area contributed by atoms with Gasteiger partial charge in [-0.2, -0.15) is 0 Å². The van der Waals surface area contributed by atoms with E-state index in [1.165, 1.54) is 16.7 Å². The number of dihydropyridines is 1. The molecule has 2 saturated heterocycles. The predicted octanol–water partition coefficient (Wildman–Crippen LogP) is 7.94. The average molecular weight is 985 g/mol. The second-order valence-electron chi connectivity index (χ2n) is 26.6.